The van der Waals surface area contributed by atoms with Crippen LogP contribution >= 0.6 is 0 Å². The van der Waals surface area contributed by atoms with Gasteiger partial charge in [0.1, 0.15) is 0 Å². The predicted octanol–water partition coefficient (Wildman–Crippen LogP) is -0.599. The number of hydrogen-bond donors (Lipinski definition) is 2. The Bertz CT molecular complexity index is 178. The summed E-state index contributed by atoms with van der Waals surface area (Å²) >= 11 is 0. The minimum absolute atomic E-state index is 0.0440. The van der Waals surface area contributed by atoms with Crippen molar-refractivity contribution < 1.29 is 4.79 Å². The number of carbonyl (C=O) groups is 1. The largest absolute Gasteiger partial charge is 0.387 e. The third-order valence-electron chi connectivity index (χ3n) is 1.78. The molecule has 3 N–H and O–H groups in total. The predicted molar refractivity (Wildman–Crippen MR) is 37.7 cm³/mol. The molecule has 4 nitrogen and oxygen atoms in total. The number of amidine groups is 1. The molecule has 1 saturated heterocycles. The maximum Gasteiger partial charge on any atom is 0.223 e. The van der Waals surface area contributed by atoms with Gasteiger partial charge in [0.2, 0.25) is 5.91 Å². The van der Waals surface area contributed by atoms with Crippen molar-refractivity contribution in [1.29, 1.82) is 5.41 Å². The van der Waals surface area contributed by atoms with Gasteiger partial charge >= 0.3 is 0 Å². The van der Waals surface area contributed by atoms with Crippen molar-refractivity contribution in [2.45, 2.75) is 6.42 Å². The molecule has 1 heterocycles. The molecule has 0 aromatic rings. The Balaban J connectivity index is 2.57. The van der Waals surface area contributed by atoms with Crippen LogP contribution in [-0.2, 0) is 4.79 Å². The van der Waals surface area contributed by atoms with E-state index >= 15 is 0 Å². The van der Waals surface area contributed by atoms with Gasteiger partial charge in [-0.3, -0.25) is 10.2 Å². The molecule has 1 aliphatic heterocycles. The summed E-state index contributed by atoms with van der Waals surface area (Å²) in [7, 11) is 1.73. The lowest BCUT2D eigenvalue weighted by molar-refractivity contribution is -0.126. The van der Waals surface area contributed by atoms with E-state index in [2.05, 4.69) is 0 Å². The van der Waals surface area contributed by atoms with Crippen molar-refractivity contribution >= 4 is 11.7 Å². The van der Waals surface area contributed by atoms with Crippen LogP contribution in [0.2, 0.25) is 0 Å². The Hall–Kier alpha value is -1.06. The molecule has 0 aliphatic carbocycles. The average molecular weight is 141 g/mol. The van der Waals surface area contributed by atoms with Crippen LogP contribution in [0.3, 0.4) is 0 Å². The van der Waals surface area contributed by atoms with Gasteiger partial charge in [0.15, 0.2) is 0 Å². The maximum atomic E-state index is 10.9. The van der Waals surface area contributed by atoms with E-state index in [1.165, 1.54) is 0 Å². The van der Waals surface area contributed by atoms with E-state index in [0.29, 0.717) is 13.0 Å². The molecule has 1 amide bonds. The molecule has 0 radical (unpaired) electrons. The number of nitrogens with zero attached hydrogens (tertiary/aromatic N) is 1. The van der Waals surface area contributed by atoms with Crippen molar-refractivity contribution in [1.82, 2.24) is 4.90 Å². The quantitative estimate of drug-likeness (QED) is 0.378. The second-order valence-electron chi connectivity index (χ2n) is 2.63. The molecular formula is C6H11N3O. The molecule has 1 fully saturated rings. The highest BCUT2D eigenvalue weighted by atomic mass is 16.2. The second kappa shape index (κ2) is 2.28. The molecule has 1 aliphatic rings. The first-order valence-corrected chi connectivity index (χ1v) is 3.19. The zero-order valence-electron chi connectivity index (χ0n) is 5.92. The van der Waals surface area contributed by atoms with Gasteiger partial charge in [-0.25, -0.2) is 0 Å². The van der Waals surface area contributed by atoms with Gasteiger partial charge in [0.25, 0.3) is 0 Å². The number of hydrogen-bond acceptors (Lipinski definition) is 2. The standard InChI is InChI=1S/C6H11N3O/c1-9-3-4(6(7)8)2-5(9)10/h4H,2-3H2,1H3,(H3,7,8)/t4-/m1/s1. The third-order valence-corrected chi connectivity index (χ3v) is 1.78. The van der Waals surface area contributed by atoms with Gasteiger partial charge in [0, 0.05) is 25.9 Å². The maximum absolute atomic E-state index is 10.9. The summed E-state index contributed by atoms with van der Waals surface area (Å²) in [4.78, 5) is 12.5. The van der Waals surface area contributed by atoms with Crippen molar-refractivity contribution in [3.63, 3.8) is 0 Å². The van der Waals surface area contributed by atoms with E-state index in [4.69, 9.17) is 11.1 Å². The van der Waals surface area contributed by atoms with Crippen LogP contribution < -0.4 is 5.73 Å². The molecule has 0 spiro atoms. The van der Waals surface area contributed by atoms with Crippen LogP contribution in [0.25, 0.3) is 0 Å². The first kappa shape index (κ1) is 7.05. The Morgan fingerprint density at radius 3 is 2.70 bits per heavy atom. The summed E-state index contributed by atoms with van der Waals surface area (Å²) in [6, 6.07) is 0. The highest BCUT2D eigenvalue weighted by Gasteiger charge is 2.28. The zero-order chi connectivity index (χ0) is 7.72. The summed E-state index contributed by atoms with van der Waals surface area (Å²) in [5.41, 5.74) is 5.23. The normalized spacial score (nSPS) is 25.5. The van der Waals surface area contributed by atoms with E-state index in [-0.39, 0.29) is 17.7 Å². The monoisotopic (exact) mass is 141 g/mol. The zero-order valence-corrected chi connectivity index (χ0v) is 5.92. The SMILES string of the molecule is CN1C[C@H](C(=N)N)CC1=O. The van der Waals surface area contributed by atoms with Crippen LogP contribution in [0.5, 0.6) is 0 Å². The van der Waals surface area contributed by atoms with E-state index in [0.717, 1.165) is 0 Å². The molecular weight excluding hydrogens is 130 g/mol. The summed E-state index contributed by atoms with van der Waals surface area (Å²) in [6.45, 7) is 0.605. The average Bonchev–Trinajstić information content (AvgIpc) is 2.13. The lowest BCUT2D eigenvalue weighted by Gasteiger charge is -2.07. The van der Waals surface area contributed by atoms with E-state index in [1.54, 1.807) is 11.9 Å². The Kier molecular flexibility index (Phi) is 1.61. The van der Waals surface area contributed by atoms with Gasteiger partial charge in [-0.2, -0.15) is 0 Å². The van der Waals surface area contributed by atoms with Gasteiger partial charge < -0.3 is 10.6 Å². The molecule has 0 unspecified atom stereocenters. The molecule has 0 bridgehead atoms. The van der Waals surface area contributed by atoms with Gasteiger partial charge in [0.05, 0.1) is 5.84 Å². The smallest absolute Gasteiger partial charge is 0.223 e. The fourth-order valence-electron chi connectivity index (χ4n) is 1.07. The van der Waals surface area contributed by atoms with Crippen LogP contribution in [0.4, 0.5) is 0 Å². The number of nitrogens with one attached hydrogen (secondary N) is 1. The fourth-order valence-corrected chi connectivity index (χ4v) is 1.07. The molecule has 0 saturated carbocycles. The van der Waals surface area contributed by atoms with Gasteiger partial charge in [-0.15, -0.1) is 0 Å². The fraction of sp³-hybridized carbons (Fsp3) is 0.667. The van der Waals surface area contributed by atoms with Crippen molar-refractivity contribution in [2.24, 2.45) is 11.7 Å². The van der Waals surface area contributed by atoms with Crippen molar-refractivity contribution in [2.75, 3.05) is 13.6 Å². The lowest BCUT2D eigenvalue weighted by atomic mass is 10.1. The summed E-state index contributed by atoms with van der Waals surface area (Å²) in [5.74, 6) is 0.162. The highest BCUT2D eigenvalue weighted by Crippen LogP contribution is 2.14. The first-order valence-electron chi connectivity index (χ1n) is 3.19. The summed E-state index contributed by atoms with van der Waals surface area (Å²) < 4.78 is 0. The number of likely N-dealkylation sites (tertiary alicyclic amines) is 1. The molecule has 0 aromatic heterocycles. The van der Waals surface area contributed by atoms with Crippen LogP contribution in [0.15, 0.2) is 0 Å². The van der Waals surface area contributed by atoms with Gasteiger partial charge in [-0.1, -0.05) is 0 Å². The first-order chi connectivity index (χ1) is 4.61. The van der Waals surface area contributed by atoms with E-state index in [1.807, 2.05) is 0 Å². The van der Waals surface area contributed by atoms with Crippen LogP contribution in [-0.4, -0.2) is 30.2 Å². The number of nitrogens with two attached hydrogens (primary N) is 1. The minimum Gasteiger partial charge on any atom is -0.387 e. The van der Waals surface area contributed by atoms with Gasteiger partial charge in [-0.05, 0) is 0 Å². The van der Waals surface area contributed by atoms with E-state index < -0.39 is 0 Å². The molecule has 4 heteroatoms. The number of amides is 1. The molecule has 0 aromatic carbocycles. The Morgan fingerprint density at radius 2 is 2.50 bits per heavy atom. The number of rotatable bonds is 1. The van der Waals surface area contributed by atoms with Crippen LogP contribution in [0.1, 0.15) is 6.42 Å². The molecule has 1 atom stereocenters. The Labute approximate surface area is 59.5 Å². The van der Waals surface area contributed by atoms with E-state index in [9.17, 15) is 4.79 Å². The second-order valence-corrected chi connectivity index (χ2v) is 2.63. The molecule has 10 heavy (non-hydrogen) atoms. The summed E-state index contributed by atoms with van der Waals surface area (Å²) in [6.07, 6.45) is 0.409. The third kappa shape index (κ3) is 1.10. The minimum atomic E-state index is -0.0440. The Morgan fingerprint density at radius 1 is 1.90 bits per heavy atom. The molecule has 1 rings (SSSR count). The lowest BCUT2D eigenvalue weighted by Crippen LogP contribution is -2.25. The van der Waals surface area contributed by atoms with Crippen molar-refractivity contribution in [3.05, 3.63) is 0 Å². The van der Waals surface area contributed by atoms with Crippen molar-refractivity contribution in [3.8, 4) is 0 Å². The topological polar surface area (TPSA) is 70.2 Å². The van der Waals surface area contributed by atoms with Crippen LogP contribution in [0, 0.1) is 11.3 Å². The summed E-state index contributed by atoms with van der Waals surface area (Å²) in [5, 5.41) is 7.07. The highest BCUT2D eigenvalue weighted by molar-refractivity contribution is 5.89. The number of carbonyl (C=O) groups excluding carboxylic acids is 1. The molecule has 56 valence electrons.